The third-order valence-corrected chi connectivity index (χ3v) is 3.10. The first-order valence-electron chi connectivity index (χ1n) is 6.24. The van der Waals surface area contributed by atoms with E-state index < -0.39 is 12.1 Å². The van der Waals surface area contributed by atoms with E-state index in [1.54, 1.807) is 6.07 Å². The van der Waals surface area contributed by atoms with Crippen molar-refractivity contribution in [2.24, 2.45) is 5.92 Å². The van der Waals surface area contributed by atoms with Crippen LogP contribution in [0.3, 0.4) is 0 Å². The van der Waals surface area contributed by atoms with Gasteiger partial charge in [-0.2, -0.15) is 0 Å². The number of benzene rings is 1. The Kier molecular flexibility index (Phi) is 5.12. The zero-order chi connectivity index (χ0) is 14.6. The molecular weight excluding hydrogens is 244 g/mol. The number of aliphatic hydroxyl groups is 1. The van der Waals surface area contributed by atoms with E-state index in [0.29, 0.717) is 12.0 Å². The van der Waals surface area contributed by atoms with Crippen molar-refractivity contribution in [2.75, 3.05) is 0 Å². The second kappa shape index (κ2) is 6.38. The summed E-state index contributed by atoms with van der Waals surface area (Å²) in [6.45, 7) is 5.70. The van der Waals surface area contributed by atoms with E-state index in [2.05, 4.69) is 0 Å². The van der Waals surface area contributed by atoms with Crippen LogP contribution in [-0.2, 0) is 0 Å². The van der Waals surface area contributed by atoms with E-state index in [1.165, 1.54) is 12.1 Å². The fourth-order valence-corrected chi connectivity index (χ4v) is 1.68. The predicted molar refractivity (Wildman–Crippen MR) is 74.2 cm³/mol. The third kappa shape index (κ3) is 4.10. The number of hydrogen-bond acceptors (Lipinski definition) is 3. The molecule has 0 aliphatic carbocycles. The monoisotopic (exact) mass is 264 g/mol. The van der Waals surface area contributed by atoms with Crippen molar-refractivity contribution < 1.29 is 20.1 Å². The van der Waals surface area contributed by atoms with Gasteiger partial charge in [0.1, 0.15) is 5.75 Å². The van der Waals surface area contributed by atoms with Crippen LogP contribution in [0.15, 0.2) is 24.3 Å². The van der Waals surface area contributed by atoms with E-state index >= 15 is 0 Å². The van der Waals surface area contributed by atoms with Gasteiger partial charge in [0.2, 0.25) is 0 Å². The highest BCUT2D eigenvalue weighted by Gasteiger charge is 2.10. The molecule has 1 atom stereocenters. The summed E-state index contributed by atoms with van der Waals surface area (Å²) >= 11 is 0. The number of carboxylic acid groups (broad SMARTS) is 1. The van der Waals surface area contributed by atoms with Gasteiger partial charge in [-0.1, -0.05) is 26.0 Å². The molecule has 0 saturated heterocycles. The molecule has 1 rings (SSSR count). The summed E-state index contributed by atoms with van der Waals surface area (Å²) in [5.74, 6) is -0.960. The Morgan fingerprint density at radius 2 is 2.00 bits per heavy atom. The van der Waals surface area contributed by atoms with Crippen LogP contribution < -0.4 is 0 Å². The minimum Gasteiger partial charge on any atom is -0.507 e. The topological polar surface area (TPSA) is 77.8 Å². The number of aromatic carboxylic acids is 1. The number of carboxylic acids is 1. The second-order valence-electron chi connectivity index (χ2n) is 4.97. The van der Waals surface area contributed by atoms with Crippen LogP contribution in [0.1, 0.15) is 43.1 Å². The lowest BCUT2D eigenvalue weighted by molar-refractivity contribution is 0.0696. The van der Waals surface area contributed by atoms with E-state index in [4.69, 9.17) is 5.11 Å². The van der Waals surface area contributed by atoms with E-state index in [-0.39, 0.29) is 17.2 Å². The maximum Gasteiger partial charge on any atom is 0.335 e. The molecule has 0 amide bonds. The van der Waals surface area contributed by atoms with Crippen LogP contribution in [0.2, 0.25) is 0 Å². The fourth-order valence-electron chi connectivity index (χ4n) is 1.68. The highest BCUT2D eigenvalue weighted by atomic mass is 16.4. The average molecular weight is 264 g/mol. The van der Waals surface area contributed by atoms with Crippen molar-refractivity contribution in [3.63, 3.8) is 0 Å². The Morgan fingerprint density at radius 1 is 1.37 bits per heavy atom. The first-order chi connectivity index (χ1) is 8.82. The number of aromatic hydroxyl groups is 1. The van der Waals surface area contributed by atoms with Gasteiger partial charge in [-0.05, 0) is 37.0 Å². The molecule has 1 aromatic carbocycles. The summed E-state index contributed by atoms with van der Waals surface area (Å²) in [6.07, 6.45) is 1.93. The summed E-state index contributed by atoms with van der Waals surface area (Å²) in [5.41, 5.74) is 1.45. The molecule has 0 heterocycles. The Hall–Kier alpha value is -1.81. The number of aliphatic hydroxyl groups excluding tert-OH is 1. The molecular formula is C15H20O4. The van der Waals surface area contributed by atoms with Crippen LogP contribution in [0.25, 0.3) is 5.57 Å². The molecule has 0 radical (unpaired) electrons. The van der Waals surface area contributed by atoms with Gasteiger partial charge in [0.15, 0.2) is 0 Å². The molecule has 0 bridgehead atoms. The zero-order valence-corrected chi connectivity index (χ0v) is 11.4. The first-order valence-corrected chi connectivity index (χ1v) is 6.24. The molecule has 19 heavy (non-hydrogen) atoms. The third-order valence-electron chi connectivity index (χ3n) is 3.10. The fraction of sp³-hybridized carbons (Fsp3) is 0.400. The summed E-state index contributed by atoms with van der Waals surface area (Å²) < 4.78 is 0. The minimum atomic E-state index is -1.07. The Bertz CT molecular complexity index is 489. The first kappa shape index (κ1) is 15.2. The quantitative estimate of drug-likeness (QED) is 0.764. The lowest BCUT2D eigenvalue weighted by Gasteiger charge is -2.13. The minimum absolute atomic E-state index is 0.0521. The normalized spacial score (nSPS) is 13.6. The number of rotatable bonds is 5. The molecule has 104 valence electrons. The average Bonchev–Trinajstić information content (AvgIpc) is 2.34. The summed E-state index contributed by atoms with van der Waals surface area (Å²) in [6, 6.07) is 4.26. The van der Waals surface area contributed by atoms with Crippen LogP contribution in [0.4, 0.5) is 0 Å². The second-order valence-corrected chi connectivity index (χ2v) is 4.97. The maximum absolute atomic E-state index is 10.8. The highest BCUT2D eigenvalue weighted by Crippen LogP contribution is 2.26. The van der Waals surface area contributed by atoms with Gasteiger partial charge in [0.25, 0.3) is 0 Å². The molecule has 0 aliphatic rings. The molecule has 0 fully saturated rings. The summed E-state index contributed by atoms with van der Waals surface area (Å²) in [5, 5.41) is 28.4. The molecule has 4 nitrogen and oxygen atoms in total. The molecule has 0 spiro atoms. The molecule has 3 N–H and O–H groups in total. The van der Waals surface area contributed by atoms with Crippen LogP contribution >= 0.6 is 0 Å². The van der Waals surface area contributed by atoms with Gasteiger partial charge in [-0.25, -0.2) is 4.79 Å². The number of hydrogen-bond donors (Lipinski definition) is 3. The molecule has 0 saturated carbocycles. The van der Waals surface area contributed by atoms with Crippen molar-refractivity contribution in [3.8, 4) is 5.75 Å². The maximum atomic E-state index is 10.8. The van der Waals surface area contributed by atoms with Crippen molar-refractivity contribution in [1.82, 2.24) is 0 Å². The van der Waals surface area contributed by atoms with Crippen molar-refractivity contribution in [1.29, 1.82) is 0 Å². The SMILES string of the molecule is CC(=CCC(O)C(C)C)c1ccc(C(=O)O)cc1O. The van der Waals surface area contributed by atoms with Crippen LogP contribution in [0.5, 0.6) is 5.75 Å². The van der Waals surface area contributed by atoms with Crippen molar-refractivity contribution in [3.05, 3.63) is 35.4 Å². The Morgan fingerprint density at radius 3 is 2.47 bits per heavy atom. The highest BCUT2D eigenvalue weighted by molar-refractivity contribution is 5.89. The summed E-state index contributed by atoms with van der Waals surface area (Å²) in [4.78, 5) is 10.8. The van der Waals surface area contributed by atoms with Crippen LogP contribution in [0, 0.1) is 5.92 Å². The lowest BCUT2D eigenvalue weighted by Crippen LogP contribution is -2.13. The van der Waals surface area contributed by atoms with E-state index in [0.717, 1.165) is 5.57 Å². The van der Waals surface area contributed by atoms with Gasteiger partial charge in [-0.15, -0.1) is 0 Å². The zero-order valence-electron chi connectivity index (χ0n) is 11.4. The van der Waals surface area contributed by atoms with Gasteiger partial charge in [0, 0.05) is 5.56 Å². The molecule has 0 aromatic heterocycles. The smallest absolute Gasteiger partial charge is 0.335 e. The Balaban J connectivity index is 2.91. The summed E-state index contributed by atoms with van der Waals surface area (Å²) in [7, 11) is 0. The Labute approximate surface area is 113 Å². The van der Waals surface area contributed by atoms with Crippen LogP contribution in [-0.4, -0.2) is 27.4 Å². The molecule has 1 unspecified atom stereocenters. The number of phenolic OH excluding ortho intramolecular Hbond substituents is 1. The van der Waals surface area contributed by atoms with Gasteiger partial charge in [-0.3, -0.25) is 0 Å². The largest absolute Gasteiger partial charge is 0.507 e. The number of phenols is 1. The molecule has 1 aromatic rings. The number of carbonyl (C=O) groups is 1. The lowest BCUT2D eigenvalue weighted by atomic mass is 9.99. The van der Waals surface area contributed by atoms with E-state index in [9.17, 15) is 15.0 Å². The van der Waals surface area contributed by atoms with Gasteiger partial charge < -0.3 is 15.3 Å². The molecule has 4 heteroatoms. The number of allylic oxidation sites excluding steroid dienone is 1. The predicted octanol–water partition coefficient (Wildman–Crippen LogP) is 2.90. The molecule has 0 aliphatic heterocycles. The van der Waals surface area contributed by atoms with Crippen molar-refractivity contribution >= 4 is 11.5 Å². The van der Waals surface area contributed by atoms with Gasteiger partial charge in [0.05, 0.1) is 11.7 Å². The van der Waals surface area contributed by atoms with E-state index in [1.807, 2.05) is 26.8 Å². The van der Waals surface area contributed by atoms with Gasteiger partial charge >= 0.3 is 5.97 Å². The van der Waals surface area contributed by atoms with Crippen molar-refractivity contribution in [2.45, 2.75) is 33.3 Å². The standard InChI is InChI=1S/C15H20O4/c1-9(2)13(16)7-4-10(3)12-6-5-11(15(18)19)8-14(12)17/h4-6,8-9,13,16-17H,7H2,1-3H3,(H,18,19).